The molecular formula is C18H30N4S. The lowest BCUT2D eigenvalue weighted by Crippen LogP contribution is -2.51. The molecule has 1 aromatic rings. The third-order valence-corrected chi connectivity index (χ3v) is 5.02. The number of hydrogen-bond acceptors (Lipinski definition) is 3. The van der Waals surface area contributed by atoms with Crippen LogP contribution in [0, 0.1) is 0 Å². The summed E-state index contributed by atoms with van der Waals surface area (Å²) in [6.45, 7) is 5.48. The van der Waals surface area contributed by atoms with E-state index >= 15 is 0 Å². The Hall–Kier alpha value is -1.20. The van der Waals surface area contributed by atoms with E-state index in [4.69, 9.17) is 0 Å². The van der Waals surface area contributed by atoms with Gasteiger partial charge in [0.05, 0.1) is 0 Å². The highest BCUT2D eigenvalue weighted by molar-refractivity contribution is 7.98. The third-order valence-electron chi connectivity index (χ3n) is 4.41. The molecule has 1 aliphatic rings. The first-order valence-corrected chi connectivity index (χ1v) is 9.86. The Morgan fingerprint density at radius 3 is 2.78 bits per heavy atom. The Balaban J connectivity index is 1.79. The minimum atomic E-state index is 0.512. The van der Waals surface area contributed by atoms with Gasteiger partial charge in [-0.1, -0.05) is 30.3 Å². The topological polar surface area (TPSA) is 39.7 Å². The van der Waals surface area contributed by atoms with Gasteiger partial charge in [0.15, 0.2) is 5.96 Å². The average Bonchev–Trinajstić information content (AvgIpc) is 2.57. The number of benzene rings is 1. The third kappa shape index (κ3) is 6.07. The van der Waals surface area contributed by atoms with Crippen LogP contribution in [-0.4, -0.2) is 55.1 Å². The molecule has 0 radical (unpaired) electrons. The molecule has 0 saturated carbocycles. The van der Waals surface area contributed by atoms with Crippen LogP contribution in [0.2, 0.25) is 0 Å². The molecule has 0 aromatic heterocycles. The van der Waals surface area contributed by atoms with Gasteiger partial charge in [0, 0.05) is 44.5 Å². The number of nitrogens with one attached hydrogen (secondary N) is 2. The van der Waals surface area contributed by atoms with E-state index < -0.39 is 0 Å². The summed E-state index contributed by atoms with van der Waals surface area (Å²) in [7, 11) is 1.85. The van der Waals surface area contributed by atoms with Crippen LogP contribution < -0.4 is 10.6 Å². The number of likely N-dealkylation sites (tertiary alicyclic amines) is 1. The fraction of sp³-hybridized carbons (Fsp3) is 0.611. The molecular weight excluding hydrogens is 304 g/mol. The molecule has 0 bridgehead atoms. The van der Waals surface area contributed by atoms with Crippen molar-refractivity contribution in [1.82, 2.24) is 15.5 Å². The minimum absolute atomic E-state index is 0.512. The Kier molecular flexibility index (Phi) is 7.76. The van der Waals surface area contributed by atoms with Gasteiger partial charge in [-0.05, 0) is 31.6 Å². The standard InChI is InChI=1S/C18H30N4S/c1-15-13-17(21-18(19-2)20-10-12-23-3)9-11-22(15)14-16-7-5-4-6-8-16/h4-8,15,17H,9-14H2,1-3H3,(H2,19,20,21). The van der Waals surface area contributed by atoms with Crippen molar-refractivity contribution in [2.45, 2.75) is 38.4 Å². The van der Waals surface area contributed by atoms with Crippen molar-refractivity contribution in [2.75, 3.05) is 32.1 Å². The van der Waals surface area contributed by atoms with Crippen LogP contribution in [0.5, 0.6) is 0 Å². The molecule has 1 heterocycles. The van der Waals surface area contributed by atoms with E-state index in [0.717, 1.165) is 37.8 Å². The van der Waals surface area contributed by atoms with Crippen molar-refractivity contribution in [3.8, 4) is 0 Å². The maximum atomic E-state index is 4.34. The fourth-order valence-corrected chi connectivity index (χ4v) is 3.37. The van der Waals surface area contributed by atoms with Gasteiger partial charge in [-0.3, -0.25) is 9.89 Å². The fourth-order valence-electron chi connectivity index (χ4n) is 3.06. The van der Waals surface area contributed by atoms with Gasteiger partial charge in [-0.15, -0.1) is 0 Å². The molecule has 2 unspecified atom stereocenters. The number of rotatable bonds is 6. The summed E-state index contributed by atoms with van der Waals surface area (Å²) in [5.74, 6) is 2.04. The van der Waals surface area contributed by atoms with Crippen LogP contribution in [0.25, 0.3) is 0 Å². The summed E-state index contributed by atoms with van der Waals surface area (Å²) in [5, 5.41) is 6.97. The largest absolute Gasteiger partial charge is 0.356 e. The normalized spacial score (nSPS) is 22.8. The van der Waals surface area contributed by atoms with Crippen molar-refractivity contribution >= 4 is 17.7 Å². The molecule has 1 aliphatic heterocycles. The van der Waals surface area contributed by atoms with Crippen LogP contribution in [0.1, 0.15) is 25.3 Å². The second kappa shape index (κ2) is 9.83. The van der Waals surface area contributed by atoms with Gasteiger partial charge in [-0.25, -0.2) is 0 Å². The molecule has 1 aromatic carbocycles. The van der Waals surface area contributed by atoms with Gasteiger partial charge < -0.3 is 10.6 Å². The summed E-state index contributed by atoms with van der Waals surface area (Å²) in [6.07, 6.45) is 4.46. The highest BCUT2D eigenvalue weighted by atomic mass is 32.2. The molecule has 0 amide bonds. The highest BCUT2D eigenvalue weighted by Gasteiger charge is 2.25. The monoisotopic (exact) mass is 334 g/mol. The van der Waals surface area contributed by atoms with Crippen molar-refractivity contribution in [1.29, 1.82) is 0 Å². The lowest BCUT2D eigenvalue weighted by Gasteiger charge is -2.38. The number of hydrogen-bond donors (Lipinski definition) is 2. The van der Waals surface area contributed by atoms with E-state index in [1.807, 2.05) is 18.8 Å². The second-order valence-corrected chi connectivity index (χ2v) is 7.15. The van der Waals surface area contributed by atoms with Crippen molar-refractivity contribution in [2.24, 2.45) is 4.99 Å². The van der Waals surface area contributed by atoms with E-state index in [1.54, 1.807) is 0 Å². The van der Waals surface area contributed by atoms with Crippen molar-refractivity contribution in [3.05, 3.63) is 35.9 Å². The second-order valence-electron chi connectivity index (χ2n) is 6.16. The molecule has 2 rings (SSSR count). The van der Waals surface area contributed by atoms with Crippen LogP contribution in [-0.2, 0) is 6.54 Å². The smallest absolute Gasteiger partial charge is 0.191 e. The summed E-state index contributed by atoms with van der Waals surface area (Å²) < 4.78 is 0. The van der Waals surface area contributed by atoms with Gasteiger partial charge in [0.1, 0.15) is 0 Å². The van der Waals surface area contributed by atoms with Gasteiger partial charge in [-0.2, -0.15) is 11.8 Å². The minimum Gasteiger partial charge on any atom is -0.356 e. The molecule has 0 aliphatic carbocycles. The first-order valence-electron chi connectivity index (χ1n) is 8.47. The molecule has 4 nitrogen and oxygen atoms in total. The summed E-state index contributed by atoms with van der Waals surface area (Å²) in [4.78, 5) is 6.92. The molecule has 23 heavy (non-hydrogen) atoms. The highest BCUT2D eigenvalue weighted by Crippen LogP contribution is 2.19. The number of nitrogens with zero attached hydrogens (tertiary/aromatic N) is 2. The summed E-state index contributed by atoms with van der Waals surface area (Å²) in [5.41, 5.74) is 1.40. The van der Waals surface area contributed by atoms with Crippen LogP contribution in [0.4, 0.5) is 0 Å². The van der Waals surface area contributed by atoms with Gasteiger partial charge >= 0.3 is 0 Å². The SMILES string of the molecule is CN=C(NCCSC)NC1CCN(Cc2ccccc2)C(C)C1. The van der Waals surface area contributed by atoms with Crippen molar-refractivity contribution < 1.29 is 0 Å². The first-order chi connectivity index (χ1) is 11.2. The Labute approximate surface area is 145 Å². The lowest BCUT2D eigenvalue weighted by atomic mass is 9.97. The van der Waals surface area contributed by atoms with Crippen LogP contribution in [0.15, 0.2) is 35.3 Å². The zero-order valence-corrected chi connectivity index (χ0v) is 15.4. The number of guanidine groups is 1. The van der Waals surface area contributed by atoms with E-state index in [2.05, 4.69) is 64.0 Å². The van der Waals surface area contributed by atoms with E-state index in [9.17, 15) is 0 Å². The lowest BCUT2D eigenvalue weighted by molar-refractivity contribution is 0.134. The van der Waals surface area contributed by atoms with Crippen molar-refractivity contribution in [3.63, 3.8) is 0 Å². The predicted octanol–water partition coefficient (Wildman–Crippen LogP) is 2.57. The molecule has 2 atom stereocenters. The quantitative estimate of drug-likeness (QED) is 0.476. The maximum Gasteiger partial charge on any atom is 0.191 e. The molecule has 128 valence electrons. The summed E-state index contributed by atoms with van der Waals surface area (Å²) >= 11 is 1.85. The maximum absolute atomic E-state index is 4.34. The van der Waals surface area contributed by atoms with Gasteiger partial charge in [0.25, 0.3) is 0 Å². The molecule has 2 N–H and O–H groups in total. The summed E-state index contributed by atoms with van der Waals surface area (Å²) in [6, 6.07) is 11.9. The Morgan fingerprint density at radius 2 is 2.13 bits per heavy atom. The zero-order valence-electron chi connectivity index (χ0n) is 14.6. The first kappa shape index (κ1) is 18.1. The van der Waals surface area contributed by atoms with E-state index in [0.29, 0.717) is 12.1 Å². The molecule has 1 saturated heterocycles. The van der Waals surface area contributed by atoms with E-state index in [-0.39, 0.29) is 0 Å². The number of aliphatic imine (C=N–C) groups is 1. The number of thioether (sulfide) groups is 1. The average molecular weight is 335 g/mol. The Morgan fingerprint density at radius 1 is 1.35 bits per heavy atom. The predicted molar refractivity (Wildman–Crippen MR) is 102 cm³/mol. The molecule has 5 heteroatoms. The van der Waals surface area contributed by atoms with Crippen LogP contribution in [0.3, 0.4) is 0 Å². The zero-order chi connectivity index (χ0) is 16.5. The van der Waals surface area contributed by atoms with E-state index in [1.165, 1.54) is 12.0 Å². The van der Waals surface area contributed by atoms with Gasteiger partial charge in [0.2, 0.25) is 0 Å². The molecule has 0 spiro atoms. The molecule has 1 fully saturated rings. The number of piperidine rings is 1. The Bertz CT molecular complexity index is 477. The van der Waals surface area contributed by atoms with Crippen LogP contribution >= 0.6 is 11.8 Å².